The molecule has 0 aromatic rings. The molecule has 0 aliphatic heterocycles. The normalized spacial score (nSPS) is 35.6. The van der Waals surface area contributed by atoms with Crippen LogP contribution in [0.4, 0.5) is 0 Å². The van der Waals surface area contributed by atoms with Gasteiger partial charge in [-0.15, -0.1) is 0 Å². The van der Waals surface area contributed by atoms with Crippen molar-refractivity contribution in [1.82, 2.24) is 5.32 Å². The lowest BCUT2D eigenvalue weighted by atomic mass is 9.86. The fraction of sp³-hybridized carbons (Fsp3) is 1.00. The molecule has 0 aromatic carbocycles. The predicted molar refractivity (Wildman–Crippen MR) is 61.4 cm³/mol. The first-order valence-electron chi connectivity index (χ1n) is 6.50. The van der Waals surface area contributed by atoms with Gasteiger partial charge in [0.25, 0.3) is 0 Å². The molecule has 0 heterocycles. The van der Waals surface area contributed by atoms with E-state index < -0.39 is 0 Å². The average Bonchev–Trinajstić information content (AvgIpc) is 2.87. The second-order valence-corrected chi connectivity index (χ2v) is 5.72. The van der Waals surface area contributed by atoms with Crippen molar-refractivity contribution in [1.29, 1.82) is 0 Å². The summed E-state index contributed by atoms with van der Waals surface area (Å²) in [5.74, 6) is 2.02. The molecule has 2 aliphatic rings. The molecular weight excluding hydrogens is 170 g/mol. The number of nitrogens with one attached hydrogen (secondary N) is 1. The Hall–Kier alpha value is -0.0400. The second-order valence-electron chi connectivity index (χ2n) is 5.72. The van der Waals surface area contributed by atoms with E-state index in [-0.39, 0.29) is 0 Å². The minimum absolute atomic E-state index is 0.762. The van der Waals surface area contributed by atoms with E-state index in [1.165, 1.54) is 44.9 Å². The molecule has 1 heteroatoms. The highest BCUT2D eigenvalue weighted by atomic mass is 14.9. The molecule has 0 radical (unpaired) electrons. The smallest absolute Gasteiger partial charge is 0.00720 e. The number of rotatable bonds is 4. The van der Waals surface area contributed by atoms with Gasteiger partial charge in [0.2, 0.25) is 0 Å². The Kier molecular flexibility index (Phi) is 3.48. The molecule has 0 amide bonds. The van der Waals surface area contributed by atoms with Gasteiger partial charge in [0, 0.05) is 12.1 Å². The molecule has 2 aliphatic carbocycles. The van der Waals surface area contributed by atoms with Gasteiger partial charge in [0.05, 0.1) is 0 Å². The molecule has 2 fully saturated rings. The van der Waals surface area contributed by atoms with Crippen LogP contribution in [-0.2, 0) is 0 Å². The SMILES string of the molecule is CC1CCCC(NC(C)CC2CC2)C1. The summed E-state index contributed by atoms with van der Waals surface area (Å²) in [6.07, 6.45) is 10.1. The molecular formula is C13H25N. The van der Waals surface area contributed by atoms with Crippen molar-refractivity contribution in [2.24, 2.45) is 11.8 Å². The first-order valence-corrected chi connectivity index (χ1v) is 6.50. The molecule has 3 unspecified atom stereocenters. The zero-order valence-electron chi connectivity index (χ0n) is 9.76. The Morgan fingerprint density at radius 2 is 2.00 bits per heavy atom. The Balaban J connectivity index is 1.66. The van der Waals surface area contributed by atoms with Crippen molar-refractivity contribution >= 4 is 0 Å². The van der Waals surface area contributed by atoms with Gasteiger partial charge >= 0.3 is 0 Å². The molecule has 2 rings (SSSR count). The molecule has 1 nitrogen and oxygen atoms in total. The molecule has 14 heavy (non-hydrogen) atoms. The maximum absolute atomic E-state index is 3.82. The van der Waals surface area contributed by atoms with Crippen molar-refractivity contribution in [2.75, 3.05) is 0 Å². The lowest BCUT2D eigenvalue weighted by molar-refractivity contribution is 0.278. The summed E-state index contributed by atoms with van der Waals surface area (Å²) in [5, 5.41) is 3.82. The molecule has 0 spiro atoms. The van der Waals surface area contributed by atoms with Crippen molar-refractivity contribution in [3.8, 4) is 0 Å². The monoisotopic (exact) mass is 195 g/mol. The summed E-state index contributed by atoms with van der Waals surface area (Å²) < 4.78 is 0. The summed E-state index contributed by atoms with van der Waals surface area (Å²) in [4.78, 5) is 0. The lowest BCUT2D eigenvalue weighted by Gasteiger charge is -2.30. The van der Waals surface area contributed by atoms with E-state index in [2.05, 4.69) is 19.2 Å². The summed E-state index contributed by atoms with van der Waals surface area (Å²) in [7, 11) is 0. The first kappa shape index (κ1) is 10.5. The van der Waals surface area contributed by atoms with Gasteiger partial charge in [-0.25, -0.2) is 0 Å². The van der Waals surface area contributed by atoms with Gasteiger partial charge in [-0.2, -0.15) is 0 Å². The van der Waals surface area contributed by atoms with Crippen LogP contribution in [0.15, 0.2) is 0 Å². The van der Waals surface area contributed by atoms with Crippen LogP contribution in [0.25, 0.3) is 0 Å². The summed E-state index contributed by atoms with van der Waals surface area (Å²) in [6.45, 7) is 4.77. The van der Waals surface area contributed by atoms with E-state index in [1.807, 2.05) is 0 Å². The van der Waals surface area contributed by atoms with Gasteiger partial charge in [-0.3, -0.25) is 0 Å². The van der Waals surface area contributed by atoms with Crippen LogP contribution in [0.5, 0.6) is 0 Å². The molecule has 0 saturated heterocycles. The zero-order chi connectivity index (χ0) is 9.97. The molecule has 2 saturated carbocycles. The number of hydrogen-bond donors (Lipinski definition) is 1. The maximum Gasteiger partial charge on any atom is 0.00720 e. The van der Waals surface area contributed by atoms with Crippen LogP contribution in [0.3, 0.4) is 0 Å². The summed E-state index contributed by atoms with van der Waals surface area (Å²) in [6, 6.07) is 1.59. The van der Waals surface area contributed by atoms with Crippen molar-refractivity contribution in [3.63, 3.8) is 0 Å². The van der Waals surface area contributed by atoms with Crippen LogP contribution in [0, 0.1) is 11.8 Å². The fourth-order valence-corrected chi connectivity index (χ4v) is 2.91. The van der Waals surface area contributed by atoms with Gasteiger partial charge in [0.1, 0.15) is 0 Å². The van der Waals surface area contributed by atoms with Crippen molar-refractivity contribution in [2.45, 2.75) is 70.9 Å². The number of hydrogen-bond acceptors (Lipinski definition) is 1. The minimum atomic E-state index is 0.762. The van der Waals surface area contributed by atoms with Crippen LogP contribution in [0.2, 0.25) is 0 Å². The molecule has 82 valence electrons. The Morgan fingerprint density at radius 1 is 1.21 bits per heavy atom. The highest BCUT2D eigenvalue weighted by Gasteiger charge is 2.25. The van der Waals surface area contributed by atoms with E-state index in [0.29, 0.717) is 0 Å². The molecule has 0 bridgehead atoms. The van der Waals surface area contributed by atoms with E-state index >= 15 is 0 Å². The summed E-state index contributed by atoms with van der Waals surface area (Å²) in [5.41, 5.74) is 0. The second kappa shape index (κ2) is 4.65. The minimum Gasteiger partial charge on any atom is -0.311 e. The fourth-order valence-electron chi connectivity index (χ4n) is 2.91. The van der Waals surface area contributed by atoms with Crippen LogP contribution >= 0.6 is 0 Å². The van der Waals surface area contributed by atoms with Gasteiger partial charge in [-0.05, 0) is 38.0 Å². The largest absolute Gasteiger partial charge is 0.311 e. The van der Waals surface area contributed by atoms with Crippen molar-refractivity contribution in [3.05, 3.63) is 0 Å². The van der Waals surface area contributed by atoms with E-state index in [9.17, 15) is 0 Å². The van der Waals surface area contributed by atoms with Gasteiger partial charge < -0.3 is 5.32 Å². The maximum atomic E-state index is 3.82. The predicted octanol–water partition coefficient (Wildman–Crippen LogP) is 3.34. The average molecular weight is 195 g/mol. The van der Waals surface area contributed by atoms with E-state index in [1.54, 1.807) is 0 Å². The Labute approximate surface area is 88.7 Å². The van der Waals surface area contributed by atoms with Gasteiger partial charge in [-0.1, -0.05) is 32.6 Å². The van der Waals surface area contributed by atoms with E-state index in [4.69, 9.17) is 0 Å². The van der Waals surface area contributed by atoms with E-state index in [0.717, 1.165) is 23.9 Å². The third kappa shape index (κ3) is 3.27. The molecule has 0 aromatic heterocycles. The lowest BCUT2D eigenvalue weighted by Crippen LogP contribution is -2.39. The quantitative estimate of drug-likeness (QED) is 0.725. The van der Waals surface area contributed by atoms with Crippen LogP contribution in [-0.4, -0.2) is 12.1 Å². The highest BCUT2D eigenvalue weighted by molar-refractivity contribution is 4.82. The van der Waals surface area contributed by atoms with Gasteiger partial charge in [0.15, 0.2) is 0 Å². The van der Waals surface area contributed by atoms with Crippen LogP contribution < -0.4 is 5.32 Å². The molecule has 3 atom stereocenters. The summed E-state index contributed by atoms with van der Waals surface area (Å²) >= 11 is 0. The topological polar surface area (TPSA) is 12.0 Å². The first-order chi connectivity index (χ1) is 6.74. The standard InChI is InChI=1S/C13H25N/c1-10-4-3-5-13(8-10)14-11(2)9-12-6-7-12/h10-14H,3-9H2,1-2H3. The Morgan fingerprint density at radius 3 is 2.64 bits per heavy atom. The van der Waals surface area contributed by atoms with Crippen LogP contribution in [0.1, 0.15) is 58.8 Å². The Bertz CT molecular complexity index is 174. The van der Waals surface area contributed by atoms with Crippen molar-refractivity contribution < 1.29 is 0 Å². The third-order valence-corrected chi connectivity index (χ3v) is 3.84. The molecule has 1 N–H and O–H groups in total. The highest BCUT2D eigenvalue weighted by Crippen LogP contribution is 2.34. The third-order valence-electron chi connectivity index (χ3n) is 3.84. The zero-order valence-corrected chi connectivity index (χ0v) is 9.76.